The monoisotopic (exact) mass is 478 g/mol. The Labute approximate surface area is 186 Å². The minimum Gasteiger partial charge on any atom is -0.346 e. The Balaban J connectivity index is 1.54. The van der Waals surface area contributed by atoms with Crippen LogP contribution in [0.5, 0.6) is 0 Å². The predicted molar refractivity (Wildman–Crippen MR) is 113 cm³/mol. The van der Waals surface area contributed by atoms with E-state index in [0.29, 0.717) is 22.3 Å². The lowest BCUT2D eigenvalue weighted by molar-refractivity contribution is -0.138. The number of hydrogen-bond donors (Lipinski definition) is 1. The van der Waals surface area contributed by atoms with Crippen LogP contribution >= 0.6 is 0 Å². The first-order valence-corrected chi connectivity index (χ1v) is 11.7. The Bertz CT molecular complexity index is 1430. The van der Waals surface area contributed by atoms with E-state index in [0.717, 1.165) is 24.7 Å². The number of alkyl halides is 3. The molecule has 0 aliphatic heterocycles. The van der Waals surface area contributed by atoms with Gasteiger partial charge in [-0.2, -0.15) is 17.6 Å². The number of pyridine rings is 3. The predicted octanol–water partition coefficient (Wildman–Crippen LogP) is 4.29. The van der Waals surface area contributed by atoms with E-state index in [9.17, 15) is 26.0 Å². The third-order valence-electron chi connectivity index (χ3n) is 5.24. The summed E-state index contributed by atoms with van der Waals surface area (Å²) in [6.45, 7) is 0. The molecular weight excluding hydrogens is 460 g/mol. The Morgan fingerprint density at radius 2 is 1.82 bits per heavy atom. The second-order valence-corrected chi connectivity index (χ2v) is 9.63. The molecule has 4 heterocycles. The number of sulfone groups is 1. The van der Waals surface area contributed by atoms with Gasteiger partial charge in [0.2, 0.25) is 5.95 Å². The van der Waals surface area contributed by atoms with Crippen molar-refractivity contribution in [3.8, 4) is 0 Å². The molecule has 0 aromatic carbocycles. The van der Waals surface area contributed by atoms with Gasteiger partial charge < -0.3 is 4.98 Å². The summed E-state index contributed by atoms with van der Waals surface area (Å²) in [5.74, 6) is -0.740. The van der Waals surface area contributed by atoms with Crippen molar-refractivity contribution in [3.05, 3.63) is 82.9 Å². The van der Waals surface area contributed by atoms with Gasteiger partial charge in [-0.05, 0) is 42.2 Å². The van der Waals surface area contributed by atoms with Crippen LogP contribution in [0.2, 0.25) is 0 Å². The van der Waals surface area contributed by atoms with E-state index in [1.807, 2.05) is 0 Å². The summed E-state index contributed by atoms with van der Waals surface area (Å²) in [5, 5.41) is 0.553. The molecule has 33 heavy (non-hydrogen) atoms. The molecule has 11 heteroatoms. The molecular formula is C22H18F4N4O2S. The largest absolute Gasteiger partial charge is 0.416 e. The van der Waals surface area contributed by atoms with Crippen LogP contribution in [0.25, 0.3) is 11.0 Å². The lowest BCUT2D eigenvalue weighted by atomic mass is 10.0. The number of nitrogens with zero attached hydrogens (tertiary/aromatic N) is 3. The zero-order valence-corrected chi connectivity index (χ0v) is 18.1. The lowest BCUT2D eigenvalue weighted by Gasteiger charge is -2.12. The molecule has 0 saturated heterocycles. The number of nitrogens with one attached hydrogen (secondary N) is 1. The molecule has 0 atom stereocenters. The van der Waals surface area contributed by atoms with E-state index in [4.69, 9.17) is 0 Å². The van der Waals surface area contributed by atoms with Gasteiger partial charge >= 0.3 is 6.18 Å². The molecule has 0 saturated carbocycles. The number of H-pyrrole nitrogens is 1. The van der Waals surface area contributed by atoms with Crippen molar-refractivity contribution in [1.29, 1.82) is 0 Å². The van der Waals surface area contributed by atoms with E-state index in [2.05, 4.69) is 19.9 Å². The summed E-state index contributed by atoms with van der Waals surface area (Å²) < 4.78 is 77.7. The summed E-state index contributed by atoms with van der Waals surface area (Å²) in [4.78, 5) is 14.7. The van der Waals surface area contributed by atoms with Gasteiger partial charge in [0.15, 0.2) is 9.84 Å². The summed E-state index contributed by atoms with van der Waals surface area (Å²) >= 11 is 0. The van der Waals surface area contributed by atoms with Crippen LogP contribution < -0.4 is 0 Å². The Morgan fingerprint density at radius 1 is 1.03 bits per heavy atom. The van der Waals surface area contributed by atoms with Gasteiger partial charge in [0.25, 0.3) is 0 Å². The number of hydrogen-bond acceptors (Lipinski definition) is 5. The molecule has 6 nitrogen and oxygen atoms in total. The first kappa shape index (κ1) is 22.8. The van der Waals surface area contributed by atoms with Crippen molar-refractivity contribution in [3.63, 3.8) is 0 Å². The fraction of sp³-hybridized carbons (Fsp3) is 0.227. The molecule has 0 aliphatic carbocycles. The number of aryl methyl sites for hydroxylation is 2. The second-order valence-electron chi connectivity index (χ2n) is 7.61. The fourth-order valence-corrected chi connectivity index (χ4v) is 4.11. The van der Waals surface area contributed by atoms with Crippen molar-refractivity contribution in [2.75, 3.05) is 6.26 Å². The molecule has 0 bridgehead atoms. The van der Waals surface area contributed by atoms with Crippen LogP contribution in [0.3, 0.4) is 0 Å². The molecule has 4 rings (SSSR count). The molecule has 172 valence electrons. The quantitative estimate of drug-likeness (QED) is 0.330. The van der Waals surface area contributed by atoms with Crippen molar-refractivity contribution in [1.82, 2.24) is 19.9 Å². The van der Waals surface area contributed by atoms with Crippen LogP contribution in [-0.4, -0.2) is 34.6 Å². The molecule has 0 aliphatic rings. The van der Waals surface area contributed by atoms with Crippen LogP contribution in [0.1, 0.15) is 27.9 Å². The molecule has 4 aromatic heterocycles. The summed E-state index contributed by atoms with van der Waals surface area (Å²) in [6, 6.07) is 5.49. The molecule has 0 unspecified atom stereocenters. The maximum absolute atomic E-state index is 14.7. The fourth-order valence-electron chi connectivity index (χ4n) is 3.53. The minimum absolute atomic E-state index is 0.0108. The summed E-state index contributed by atoms with van der Waals surface area (Å²) in [6.07, 6.45) is 1.95. The lowest BCUT2D eigenvalue weighted by Crippen LogP contribution is -2.10. The smallest absolute Gasteiger partial charge is 0.346 e. The highest BCUT2D eigenvalue weighted by molar-refractivity contribution is 7.90. The standard InChI is InChI=1S/C22H18F4N4O2S/c1-33(31,32)17-9-18-15(11-28-21(18)29-12-17)8-13-2-4-16(30-20(13)23)5-3-14-10-27-7-6-19(14)22(24,25)26/h2,4,6-7,9-12H,3,5,8H2,1H3,(H,28,29). The first-order chi connectivity index (χ1) is 15.5. The van der Waals surface area contributed by atoms with Gasteiger partial charge in [0.05, 0.1) is 10.5 Å². The summed E-state index contributed by atoms with van der Waals surface area (Å²) in [7, 11) is -3.45. The zero-order chi connectivity index (χ0) is 23.8. The third-order valence-corrected chi connectivity index (χ3v) is 6.32. The van der Waals surface area contributed by atoms with Gasteiger partial charge in [0, 0.05) is 54.1 Å². The van der Waals surface area contributed by atoms with Crippen molar-refractivity contribution >= 4 is 20.9 Å². The van der Waals surface area contributed by atoms with Gasteiger partial charge in [-0.25, -0.2) is 18.4 Å². The topological polar surface area (TPSA) is 88.6 Å². The second kappa shape index (κ2) is 8.54. The number of fused-ring (bicyclic) bond motifs is 1. The molecule has 1 N–H and O–H groups in total. The average Bonchev–Trinajstić information content (AvgIpc) is 3.15. The van der Waals surface area contributed by atoms with E-state index >= 15 is 0 Å². The highest BCUT2D eigenvalue weighted by Crippen LogP contribution is 2.32. The van der Waals surface area contributed by atoms with Crippen molar-refractivity contribution < 1.29 is 26.0 Å². The van der Waals surface area contributed by atoms with E-state index in [1.165, 1.54) is 18.3 Å². The van der Waals surface area contributed by atoms with Crippen LogP contribution in [0.4, 0.5) is 17.6 Å². The van der Waals surface area contributed by atoms with Gasteiger partial charge in [-0.1, -0.05) is 6.07 Å². The minimum atomic E-state index is -4.49. The van der Waals surface area contributed by atoms with E-state index < -0.39 is 27.5 Å². The van der Waals surface area contributed by atoms with E-state index in [-0.39, 0.29) is 35.3 Å². The maximum atomic E-state index is 14.7. The van der Waals surface area contributed by atoms with Crippen LogP contribution in [0.15, 0.2) is 53.9 Å². The van der Waals surface area contributed by atoms with Crippen LogP contribution in [0, 0.1) is 5.95 Å². The normalized spacial score (nSPS) is 12.4. The SMILES string of the molecule is CS(=O)(=O)c1cnc2[nH]cc(Cc3ccc(CCc4cnccc4C(F)(F)F)nc3F)c2c1. The average molecular weight is 478 g/mol. The molecule has 0 fully saturated rings. The Morgan fingerprint density at radius 3 is 2.52 bits per heavy atom. The number of aromatic amines is 1. The Kier molecular flexibility index (Phi) is 5.91. The van der Waals surface area contributed by atoms with E-state index in [1.54, 1.807) is 12.3 Å². The third kappa shape index (κ3) is 5.03. The highest BCUT2D eigenvalue weighted by atomic mass is 32.2. The van der Waals surface area contributed by atoms with Gasteiger partial charge in [-0.3, -0.25) is 4.98 Å². The van der Waals surface area contributed by atoms with Gasteiger partial charge in [0.1, 0.15) is 5.65 Å². The Hall–Kier alpha value is -3.34. The molecule has 4 aromatic rings. The number of halogens is 4. The first-order valence-electron chi connectivity index (χ1n) is 9.83. The van der Waals surface area contributed by atoms with Crippen LogP contribution in [-0.2, 0) is 35.3 Å². The number of rotatable bonds is 6. The zero-order valence-electron chi connectivity index (χ0n) is 17.3. The van der Waals surface area contributed by atoms with Gasteiger partial charge in [-0.15, -0.1) is 0 Å². The van der Waals surface area contributed by atoms with Crippen molar-refractivity contribution in [2.24, 2.45) is 0 Å². The highest BCUT2D eigenvalue weighted by Gasteiger charge is 2.33. The summed E-state index contributed by atoms with van der Waals surface area (Å²) in [5.41, 5.74) is 0.941. The van der Waals surface area contributed by atoms with Crippen molar-refractivity contribution in [2.45, 2.75) is 30.3 Å². The molecule has 0 amide bonds. The number of aromatic nitrogens is 4. The molecule has 0 spiro atoms. The molecule has 0 radical (unpaired) electrons. The maximum Gasteiger partial charge on any atom is 0.416 e.